The summed E-state index contributed by atoms with van der Waals surface area (Å²) in [6, 6.07) is 3.91. The lowest BCUT2D eigenvalue weighted by Crippen LogP contribution is -2.45. The third-order valence-corrected chi connectivity index (χ3v) is 4.88. The van der Waals surface area contributed by atoms with Gasteiger partial charge in [0.05, 0.1) is 7.11 Å². The lowest BCUT2D eigenvalue weighted by atomic mass is 9.91. The lowest BCUT2D eigenvalue weighted by Gasteiger charge is -2.33. The fourth-order valence-electron chi connectivity index (χ4n) is 3.20. The maximum absolute atomic E-state index is 6.38. The normalized spacial score (nSPS) is 20.0. The minimum atomic E-state index is 0.835. The van der Waals surface area contributed by atoms with Crippen molar-refractivity contribution in [3.05, 3.63) is 33.9 Å². The molecule has 0 atom stereocenters. The van der Waals surface area contributed by atoms with E-state index in [0.717, 1.165) is 48.8 Å². The maximum atomic E-state index is 6.38. The average Bonchev–Trinajstić information content (AvgIpc) is 2.50. The summed E-state index contributed by atoms with van der Waals surface area (Å²) < 4.78 is 5.46. The van der Waals surface area contributed by atoms with Crippen LogP contribution in [-0.4, -0.2) is 56.7 Å². The van der Waals surface area contributed by atoms with Crippen LogP contribution in [0.15, 0.2) is 17.7 Å². The van der Waals surface area contributed by atoms with Crippen molar-refractivity contribution in [3.63, 3.8) is 0 Å². The van der Waals surface area contributed by atoms with Crippen molar-refractivity contribution < 1.29 is 4.74 Å². The molecule has 2 aliphatic rings. The summed E-state index contributed by atoms with van der Waals surface area (Å²) in [5, 5.41) is 0.835. The third kappa shape index (κ3) is 3.25. The van der Waals surface area contributed by atoms with Gasteiger partial charge in [-0.05, 0) is 37.6 Å². The average molecular weight is 307 g/mol. The number of halogens is 1. The number of ether oxygens (including phenoxy) is 1. The van der Waals surface area contributed by atoms with Crippen LogP contribution in [0.25, 0.3) is 6.08 Å². The van der Waals surface area contributed by atoms with Gasteiger partial charge in [-0.25, -0.2) is 0 Å². The van der Waals surface area contributed by atoms with E-state index in [0.29, 0.717) is 0 Å². The Hall–Kier alpha value is -1.03. The molecule has 3 rings (SSSR count). The fraction of sp³-hybridized carbons (Fsp3) is 0.529. The van der Waals surface area contributed by atoms with Gasteiger partial charge in [0.2, 0.25) is 0 Å². The van der Waals surface area contributed by atoms with E-state index in [9.17, 15) is 0 Å². The van der Waals surface area contributed by atoms with E-state index < -0.39 is 0 Å². The van der Waals surface area contributed by atoms with Crippen LogP contribution < -0.4 is 4.74 Å². The minimum Gasteiger partial charge on any atom is -0.496 e. The van der Waals surface area contributed by atoms with Gasteiger partial charge in [-0.15, -0.1) is 0 Å². The second kappa shape index (κ2) is 6.39. The number of hydrogen-bond acceptors (Lipinski definition) is 3. The highest BCUT2D eigenvalue weighted by Crippen LogP contribution is 2.35. The molecule has 1 aromatic carbocycles. The standard InChI is InChI=1S/C17H23ClN2O/c1-19-7-9-20(10-8-19)12-13-3-4-14-15(11-13)16(18)5-6-17(14)21-2/h5-6,11H,3-4,7-10,12H2,1-2H3. The van der Waals surface area contributed by atoms with Crippen molar-refractivity contribution in [2.24, 2.45) is 0 Å². The number of hydrogen-bond donors (Lipinski definition) is 0. The topological polar surface area (TPSA) is 15.7 Å². The largest absolute Gasteiger partial charge is 0.496 e. The third-order valence-electron chi connectivity index (χ3n) is 4.55. The summed E-state index contributed by atoms with van der Waals surface area (Å²) >= 11 is 6.38. The quantitative estimate of drug-likeness (QED) is 0.854. The van der Waals surface area contributed by atoms with Crippen LogP contribution in [0.1, 0.15) is 17.5 Å². The van der Waals surface area contributed by atoms with Crippen molar-refractivity contribution in [2.45, 2.75) is 12.8 Å². The second-order valence-electron chi connectivity index (χ2n) is 6.02. The smallest absolute Gasteiger partial charge is 0.122 e. The van der Waals surface area contributed by atoms with Crippen LogP contribution in [0.4, 0.5) is 0 Å². The van der Waals surface area contributed by atoms with Gasteiger partial charge in [0.1, 0.15) is 5.75 Å². The first-order chi connectivity index (χ1) is 10.2. The van der Waals surface area contributed by atoms with Crippen LogP contribution in [0.5, 0.6) is 5.75 Å². The molecule has 21 heavy (non-hydrogen) atoms. The van der Waals surface area contributed by atoms with Gasteiger partial charge in [0.15, 0.2) is 0 Å². The molecule has 0 saturated carbocycles. The molecule has 1 aliphatic heterocycles. The molecular weight excluding hydrogens is 284 g/mol. The molecule has 0 bridgehead atoms. The van der Waals surface area contributed by atoms with Gasteiger partial charge >= 0.3 is 0 Å². The van der Waals surface area contributed by atoms with Gasteiger partial charge < -0.3 is 9.64 Å². The molecule has 1 fully saturated rings. The summed E-state index contributed by atoms with van der Waals surface area (Å²) in [5.41, 5.74) is 3.90. The highest BCUT2D eigenvalue weighted by Gasteiger charge is 2.20. The number of benzene rings is 1. The van der Waals surface area contributed by atoms with E-state index in [1.54, 1.807) is 7.11 Å². The second-order valence-corrected chi connectivity index (χ2v) is 6.43. The van der Waals surface area contributed by atoms with Gasteiger partial charge in [-0.3, -0.25) is 4.90 Å². The Balaban J connectivity index is 1.77. The Labute approximate surface area is 132 Å². The first-order valence-corrected chi connectivity index (χ1v) is 8.01. The zero-order valence-corrected chi connectivity index (χ0v) is 13.6. The van der Waals surface area contributed by atoms with Crippen molar-refractivity contribution in [3.8, 4) is 5.75 Å². The van der Waals surface area contributed by atoms with Crippen molar-refractivity contribution in [1.82, 2.24) is 9.80 Å². The number of rotatable bonds is 3. The van der Waals surface area contributed by atoms with E-state index in [1.165, 1.54) is 24.2 Å². The van der Waals surface area contributed by atoms with Crippen LogP contribution in [0.3, 0.4) is 0 Å². The monoisotopic (exact) mass is 306 g/mol. The predicted molar refractivity (Wildman–Crippen MR) is 88.2 cm³/mol. The number of likely N-dealkylation sites (N-methyl/N-ethyl adjacent to an activating group) is 1. The Kier molecular flexibility index (Phi) is 4.53. The Bertz CT molecular complexity index is 548. The van der Waals surface area contributed by atoms with Crippen LogP contribution in [0.2, 0.25) is 5.02 Å². The summed E-state index contributed by atoms with van der Waals surface area (Å²) in [7, 11) is 3.92. The Morgan fingerprint density at radius 2 is 1.90 bits per heavy atom. The predicted octanol–water partition coefficient (Wildman–Crippen LogP) is 2.93. The van der Waals surface area contributed by atoms with Crippen LogP contribution >= 0.6 is 11.6 Å². The zero-order valence-electron chi connectivity index (χ0n) is 12.9. The van der Waals surface area contributed by atoms with Crippen LogP contribution in [-0.2, 0) is 6.42 Å². The molecule has 3 nitrogen and oxygen atoms in total. The molecule has 114 valence electrons. The van der Waals surface area contributed by atoms with Gasteiger partial charge in [-0.1, -0.05) is 23.3 Å². The van der Waals surface area contributed by atoms with Gasteiger partial charge in [0.25, 0.3) is 0 Å². The van der Waals surface area contributed by atoms with Gasteiger partial charge in [-0.2, -0.15) is 0 Å². The molecule has 1 aromatic rings. The number of fused-ring (bicyclic) bond motifs is 1. The zero-order chi connectivity index (χ0) is 14.8. The first-order valence-electron chi connectivity index (χ1n) is 7.63. The Morgan fingerprint density at radius 1 is 1.14 bits per heavy atom. The van der Waals surface area contributed by atoms with Crippen molar-refractivity contribution in [1.29, 1.82) is 0 Å². The fourth-order valence-corrected chi connectivity index (χ4v) is 3.43. The number of nitrogens with zero attached hydrogens (tertiary/aromatic N) is 2. The van der Waals surface area contributed by atoms with Crippen LogP contribution in [0, 0.1) is 0 Å². The molecule has 1 saturated heterocycles. The molecule has 0 unspecified atom stereocenters. The molecule has 0 radical (unpaired) electrons. The molecule has 0 spiro atoms. The molecule has 1 aliphatic carbocycles. The number of methoxy groups -OCH3 is 1. The molecule has 4 heteroatoms. The van der Waals surface area contributed by atoms with Crippen molar-refractivity contribution >= 4 is 17.7 Å². The van der Waals surface area contributed by atoms with Crippen molar-refractivity contribution in [2.75, 3.05) is 46.9 Å². The van der Waals surface area contributed by atoms with E-state index in [-0.39, 0.29) is 0 Å². The van der Waals surface area contributed by atoms with Gasteiger partial charge in [0, 0.05) is 43.3 Å². The summed E-state index contributed by atoms with van der Waals surface area (Å²) in [6.07, 6.45) is 4.41. The Morgan fingerprint density at radius 3 is 2.62 bits per heavy atom. The highest BCUT2D eigenvalue weighted by atomic mass is 35.5. The number of piperazine rings is 1. The highest BCUT2D eigenvalue weighted by molar-refractivity contribution is 6.32. The first kappa shape index (κ1) is 14.9. The molecule has 1 heterocycles. The molecule has 0 aromatic heterocycles. The van der Waals surface area contributed by atoms with E-state index >= 15 is 0 Å². The maximum Gasteiger partial charge on any atom is 0.122 e. The van der Waals surface area contributed by atoms with E-state index in [4.69, 9.17) is 16.3 Å². The summed E-state index contributed by atoms with van der Waals surface area (Å²) in [6.45, 7) is 5.72. The SMILES string of the molecule is COc1ccc(Cl)c2c1CCC(CN1CCN(C)CC1)=C2. The summed E-state index contributed by atoms with van der Waals surface area (Å²) in [4.78, 5) is 4.94. The van der Waals surface area contributed by atoms with E-state index in [2.05, 4.69) is 22.9 Å². The molecular formula is C17H23ClN2O. The summed E-state index contributed by atoms with van der Waals surface area (Å²) in [5.74, 6) is 0.962. The van der Waals surface area contributed by atoms with E-state index in [1.807, 2.05) is 12.1 Å². The molecule has 0 amide bonds. The molecule has 0 N–H and O–H groups in total. The lowest BCUT2D eigenvalue weighted by molar-refractivity contribution is 0.163. The minimum absolute atomic E-state index is 0.835.